The van der Waals surface area contributed by atoms with Gasteiger partial charge in [0.1, 0.15) is 6.54 Å². The zero-order valence-corrected chi connectivity index (χ0v) is 13.0. The Kier molecular flexibility index (Phi) is 5.24. The summed E-state index contributed by atoms with van der Waals surface area (Å²) in [6.07, 6.45) is 0. The number of carbonyl (C=O) groups excluding carboxylic acids is 1. The molecule has 0 spiro atoms. The van der Waals surface area contributed by atoms with E-state index in [4.69, 9.17) is 20.9 Å². The van der Waals surface area contributed by atoms with Crippen molar-refractivity contribution in [3.8, 4) is 0 Å². The maximum Gasteiger partial charge on any atom is 0.408 e. The van der Waals surface area contributed by atoms with Gasteiger partial charge in [0.25, 0.3) is 0 Å². The van der Waals surface area contributed by atoms with Gasteiger partial charge in [-0.3, -0.25) is 4.79 Å². The fraction of sp³-hybridized carbons (Fsp3) is 0.455. The van der Waals surface area contributed by atoms with Crippen LogP contribution in [0, 0.1) is 17.0 Å². The summed E-state index contributed by atoms with van der Waals surface area (Å²) in [7, 11) is 1.51. The van der Waals surface area contributed by atoms with Gasteiger partial charge in [-0.1, -0.05) is 16.8 Å². The molecule has 0 bridgehead atoms. The molecule has 0 radical (unpaired) electrons. The van der Waals surface area contributed by atoms with Gasteiger partial charge in [0.2, 0.25) is 0 Å². The van der Waals surface area contributed by atoms with E-state index in [1.807, 2.05) is 0 Å². The zero-order chi connectivity index (χ0) is 17.0. The molecule has 2 rings (SSSR count). The zero-order valence-electron chi connectivity index (χ0n) is 12.3. The van der Waals surface area contributed by atoms with E-state index < -0.39 is 16.6 Å². The van der Waals surface area contributed by atoms with Gasteiger partial charge in [-0.25, -0.2) is 0 Å². The highest BCUT2D eigenvalue weighted by Gasteiger charge is 2.25. The number of halogens is 1. The molecule has 0 saturated carbocycles. The molecule has 2 aromatic rings. The third kappa shape index (κ3) is 3.81. The van der Waals surface area contributed by atoms with Crippen LogP contribution in [0.25, 0.3) is 0 Å². The fourth-order valence-electron chi connectivity index (χ4n) is 1.67. The molecular weight excluding hydrogens is 332 g/mol. The maximum atomic E-state index is 11.7. The van der Waals surface area contributed by atoms with Crippen LogP contribution in [0.15, 0.2) is 4.52 Å². The quantitative estimate of drug-likeness (QED) is 0.436. The number of amides is 1. The molecule has 1 amide bonds. The molecule has 2 heterocycles. The SMILES string of the molecule is COCCNC(=O)c1nc(Cn2nc([N+](=O)[O-])c(Cl)c2C)no1. The van der Waals surface area contributed by atoms with Crippen LogP contribution in [-0.4, -0.2) is 51.0 Å². The van der Waals surface area contributed by atoms with E-state index in [-0.39, 0.29) is 23.3 Å². The summed E-state index contributed by atoms with van der Waals surface area (Å²) < 4.78 is 10.9. The van der Waals surface area contributed by atoms with Crippen LogP contribution >= 0.6 is 11.6 Å². The molecular formula is C11H13ClN6O5. The standard InChI is InChI=1S/C11H13ClN6O5/c1-6-8(12)9(18(20)21)15-17(6)5-7-14-11(23-16-7)10(19)13-3-4-22-2/h3-5H2,1-2H3,(H,13,19). The number of hydrogen-bond acceptors (Lipinski definition) is 8. The summed E-state index contributed by atoms with van der Waals surface area (Å²) in [5.41, 5.74) is 0.384. The monoisotopic (exact) mass is 344 g/mol. The summed E-state index contributed by atoms with van der Waals surface area (Å²) in [6.45, 7) is 2.20. The number of methoxy groups -OCH3 is 1. The first-order chi connectivity index (χ1) is 10.9. The predicted octanol–water partition coefficient (Wildman–Crippen LogP) is 0.561. The Labute approximate surface area is 134 Å². The first-order valence-electron chi connectivity index (χ1n) is 6.41. The van der Waals surface area contributed by atoms with Crippen LogP contribution in [-0.2, 0) is 11.3 Å². The van der Waals surface area contributed by atoms with Crippen LogP contribution in [0.5, 0.6) is 0 Å². The third-order valence-electron chi connectivity index (χ3n) is 2.83. The van der Waals surface area contributed by atoms with Crippen molar-refractivity contribution in [3.63, 3.8) is 0 Å². The summed E-state index contributed by atoms with van der Waals surface area (Å²) in [6, 6.07) is 0. The number of nitrogens with zero attached hydrogens (tertiary/aromatic N) is 5. The van der Waals surface area contributed by atoms with Crippen LogP contribution in [0.3, 0.4) is 0 Å². The van der Waals surface area contributed by atoms with E-state index in [0.29, 0.717) is 18.8 Å². The molecule has 1 N–H and O–H groups in total. The lowest BCUT2D eigenvalue weighted by molar-refractivity contribution is -0.389. The Morgan fingerprint density at radius 1 is 1.57 bits per heavy atom. The highest BCUT2D eigenvalue weighted by molar-refractivity contribution is 6.33. The van der Waals surface area contributed by atoms with Gasteiger partial charge in [-0.05, 0) is 11.8 Å². The van der Waals surface area contributed by atoms with Crippen LogP contribution in [0.2, 0.25) is 5.02 Å². The van der Waals surface area contributed by atoms with Gasteiger partial charge in [0, 0.05) is 13.7 Å². The molecule has 2 aromatic heterocycles. The Hall–Kier alpha value is -2.53. The first-order valence-corrected chi connectivity index (χ1v) is 6.78. The number of carbonyl (C=O) groups is 1. The van der Waals surface area contributed by atoms with Gasteiger partial charge in [0.15, 0.2) is 10.8 Å². The molecule has 0 unspecified atom stereocenters. The second-order valence-electron chi connectivity index (χ2n) is 4.40. The Morgan fingerprint density at radius 3 is 2.91 bits per heavy atom. The van der Waals surface area contributed by atoms with Crippen molar-refractivity contribution in [1.82, 2.24) is 25.2 Å². The lowest BCUT2D eigenvalue weighted by atomic mass is 10.4. The van der Waals surface area contributed by atoms with Crippen molar-refractivity contribution in [1.29, 1.82) is 0 Å². The minimum absolute atomic E-state index is 0.0196. The molecule has 0 atom stereocenters. The fourth-order valence-corrected chi connectivity index (χ4v) is 1.87. The molecule has 23 heavy (non-hydrogen) atoms. The van der Waals surface area contributed by atoms with Gasteiger partial charge < -0.3 is 24.7 Å². The van der Waals surface area contributed by atoms with E-state index in [1.165, 1.54) is 11.8 Å². The average Bonchev–Trinajstić information content (AvgIpc) is 3.08. The molecule has 11 nitrogen and oxygen atoms in total. The average molecular weight is 345 g/mol. The summed E-state index contributed by atoms with van der Waals surface area (Å²) in [5.74, 6) is -1.08. The van der Waals surface area contributed by atoms with Crippen LogP contribution in [0.1, 0.15) is 22.2 Å². The van der Waals surface area contributed by atoms with E-state index >= 15 is 0 Å². The Bertz CT molecular complexity index is 727. The smallest absolute Gasteiger partial charge is 0.383 e. The van der Waals surface area contributed by atoms with Crippen molar-refractivity contribution in [2.24, 2.45) is 0 Å². The molecule has 12 heteroatoms. The predicted molar refractivity (Wildman–Crippen MR) is 76.2 cm³/mol. The van der Waals surface area contributed by atoms with Gasteiger partial charge >= 0.3 is 17.6 Å². The van der Waals surface area contributed by atoms with Gasteiger partial charge in [-0.15, -0.1) is 0 Å². The van der Waals surface area contributed by atoms with E-state index in [2.05, 4.69) is 20.6 Å². The van der Waals surface area contributed by atoms with Crippen LogP contribution in [0.4, 0.5) is 5.82 Å². The number of nitro groups is 1. The minimum Gasteiger partial charge on any atom is -0.383 e. The largest absolute Gasteiger partial charge is 0.408 e. The van der Waals surface area contributed by atoms with Crippen molar-refractivity contribution in [2.45, 2.75) is 13.5 Å². The van der Waals surface area contributed by atoms with Crippen molar-refractivity contribution >= 4 is 23.3 Å². The molecule has 0 saturated heterocycles. The first kappa shape index (κ1) is 16.8. The van der Waals surface area contributed by atoms with Crippen LogP contribution < -0.4 is 5.32 Å². The molecule has 0 aromatic carbocycles. The Balaban J connectivity index is 2.09. The summed E-state index contributed by atoms with van der Waals surface area (Å²) in [5, 5.41) is 20.7. The maximum absolute atomic E-state index is 11.7. The highest BCUT2D eigenvalue weighted by atomic mass is 35.5. The van der Waals surface area contributed by atoms with Crippen molar-refractivity contribution < 1.29 is 19.0 Å². The minimum atomic E-state index is -0.684. The number of aromatic nitrogens is 4. The molecule has 0 fully saturated rings. The third-order valence-corrected chi connectivity index (χ3v) is 3.28. The number of nitrogens with one attached hydrogen (secondary N) is 1. The number of hydrogen-bond donors (Lipinski definition) is 1. The second-order valence-corrected chi connectivity index (χ2v) is 4.78. The van der Waals surface area contributed by atoms with Gasteiger partial charge in [0.05, 0.1) is 17.4 Å². The number of ether oxygens (including phenoxy) is 1. The molecule has 124 valence electrons. The van der Waals surface area contributed by atoms with E-state index in [0.717, 1.165) is 0 Å². The molecule has 0 aliphatic carbocycles. The molecule has 0 aliphatic rings. The summed E-state index contributed by atoms with van der Waals surface area (Å²) >= 11 is 5.84. The second kappa shape index (κ2) is 7.15. The lowest BCUT2D eigenvalue weighted by Gasteiger charge is -1.99. The van der Waals surface area contributed by atoms with Gasteiger partial charge in [-0.2, -0.15) is 9.67 Å². The van der Waals surface area contributed by atoms with E-state index in [9.17, 15) is 14.9 Å². The normalized spacial score (nSPS) is 10.7. The van der Waals surface area contributed by atoms with Crippen molar-refractivity contribution in [2.75, 3.05) is 20.3 Å². The Morgan fingerprint density at radius 2 is 2.30 bits per heavy atom. The topological polar surface area (TPSA) is 138 Å². The highest BCUT2D eigenvalue weighted by Crippen LogP contribution is 2.26. The van der Waals surface area contributed by atoms with Crippen molar-refractivity contribution in [3.05, 3.63) is 32.5 Å². The van der Waals surface area contributed by atoms with E-state index in [1.54, 1.807) is 6.92 Å². The molecule has 0 aliphatic heterocycles. The summed E-state index contributed by atoms with van der Waals surface area (Å²) in [4.78, 5) is 25.7. The lowest BCUT2D eigenvalue weighted by Crippen LogP contribution is -2.27. The number of rotatable bonds is 7.